The number of nitrogens with zero attached hydrogens (tertiary/aromatic N) is 3. The van der Waals surface area contributed by atoms with E-state index in [1.807, 2.05) is 13.0 Å². The van der Waals surface area contributed by atoms with Crippen LogP contribution in [0.2, 0.25) is 10.0 Å². The van der Waals surface area contributed by atoms with Crippen LogP contribution >= 0.6 is 23.2 Å². The summed E-state index contributed by atoms with van der Waals surface area (Å²) in [6.07, 6.45) is 1.57. The summed E-state index contributed by atoms with van der Waals surface area (Å²) in [4.78, 5) is 16.2. The molecule has 0 radical (unpaired) electrons. The van der Waals surface area contributed by atoms with Gasteiger partial charge in [0, 0.05) is 51.5 Å². The normalized spacial score (nSPS) is 22.3. The van der Waals surface area contributed by atoms with E-state index in [-0.39, 0.29) is 27.9 Å². The predicted octanol–water partition coefficient (Wildman–Crippen LogP) is 4.03. The molecule has 2 saturated heterocycles. The molecule has 1 amide bonds. The highest BCUT2D eigenvalue weighted by molar-refractivity contribution is 7.89. The molecule has 0 spiro atoms. The number of hydrogen-bond donors (Lipinski definition) is 1. The monoisotopic (exact) mass is 524 g/mol. The quantitative estimate of drug-likeness (QED) is 0.617. The lowest BCUT2D eigenvalue weighted by Crippen LogP contribution is -2.61. The molecule has 1 N–H and O–H groups in total. The maximum absolute atomic E-state index is 13.1. The number of hydrogen-bond acceptors (Lipinski definition) is 5. The largest absolute Gasteiger partial charge is 0.380 e. The molecular formula is C24H30Cl2N4O3S. The van der Waals surface area contributed by atoms with Crippen molar-refractivity contribution in [2.75, 3.05) is 39.0 Å². The summed E-state index contributed by atoms with van der Waals surface area (Å²) in [6, 6.07) is 12.6. The van der Waals surface area contributed by atoms with Gasteiger partial charge in [-0.3, -0.25) is 9.69 Å². The number of rotatable bonds is 6. The van der Waals surface area contributed by atoms with E-state index in [0.717, 1.165) is 31.6 Å². The van der Waals surface area contributed by atoms with Gasteiger partial charge in [0.15, 0.2) is 0 Å². The molecule has 7 nitrogen and oxygen atoms in total. The highest BCUT2D eigenvalue weighted by Gasteiger charge is 2.40. The van der Waals surface area contributed by atoms with Gasteiger partial charge in [-0.2, -0.15) is 4.31 Å². The van der Waals surface area contributed by atoms with Gasteiger partial charge >= 0.3 is 0 Å². The van der Waals surface area contributed by atoms with Crippen molar-refractivity contribution in [2.24, 2.45) is 0 Å². The number of anilines is 1. The average Bonchev–Trinajstić information content (AvgIpc) is 2.75. The number of likely N-dealkylation sites (tertiary alicyclic amines) is 1. The van der Waals surface area contributed by atoms with E-state index in [1.54, 1.807) is 54.8 Å². The zero-order valence-corrected chi connectivity index (χ0v) is 21.9. The molecule has 2 atom stereocenters. The standard InChI is InChI=1S/C24H30Cl2N4O3S/c1-16-12-19(10-11-30(16)34(32,33)23-7-5-4-6-21(23)25)29-14-18(15-29)27-17-8-9-20(22(26)13-17)24(31)28(2)3/h4-9,13,16,18-19,27H,10-12,14-15H2,1-3H3. The Hall–Kier alpha value is -1.84. The topological polar surface area (TPSA) is 73.0 Å². The second kappa shape index (κ2) is 10.0. The molecule has 4 rings (SSSR count). The minimum atomic E-state index is -3.62. The number of piperidine rings is 1. The molecule has 2 aliphatic rings. The van der Waals surface area contributed by atoms with Crippen LogP contribution in [0.25, 0.3) is 0 Å². The summed E-state index contributed by atoms with van der Waals surface area (Å²) in [5.41, 5.74) is 1.37. The summed E-state index contributed by atoms with van der Waals surface area (Å²) >= 11 is 12.5. The third-order valence-electron chi connectivity index (χ3n) is 6.61. The third kappa shape index (κ3) is 5.06. The second-order valence-electron chi connectivity index (χ2n) is 9.26. The molecule has 2 heterocycles. The fourth-order valence-corrected chi connectivity index (χ4v) is 7.16. The smallest absolute Gasteiger partial charge is 0.254 e. The number of amides is 1. The second-order valence-corrected chi connectivity index (χ2v) is 11.9. The van der Waals surface area contributed by atoms with Crippen LogP contribution in [-0.2, 0) is 10.0 Å². The minimum Gasteiger partial charge on any atom is -0.380 e. The first-order valence-corrected chi connectivity index (χ1v) is 13.6. The number of sulfonamides is 1. The molecule has 2 fully saturated rings. The zero-order chi connectivity index (χ0) is 24.6. The Balaban J connectivity index is 1.31. The fourth-order valence-electron chi connectivity index (χ4n) is 4.75. The molecule has 2 aliphatic heterocycles. The first-order valence-electron chi connectivity index (χ1n) is 11.4. The number of carbonyl (C=O) groups is 1. The number of halogens is 2. The molecule has 0 aliphatic carbocycles. The van der Waals surface area contributed by atoms with E-state index in [4.69, 9.17) is 23.2 Å². The lowest BCUT2D eigenvalue weighted by molar-refractivity contribution is 0.0556. The van der Waals surface area contributed by atoms with Crippen LogP contribution in [0.5, 0.6) is 0 Å². The Labute approximate surface area is 211 Å². The summed E-state index contributed by atoms with van der Waals surface area (Å²) in [5.74, 6) is -0.122. The molecule has 10 heteroatoms. The Morgan fingerprint density at radius 2 is 1.79 bits per heavy atom. The van der Waals surface area contributed by atoms with Crippen LogP contribution in [0.1, 0.15) is 30.1 Å². The average molecular weight is 526 g/mol. The van der Waals surface area contributed by atoms with E-state index in [9.17, 15) is 13.2 Å². The van der Waals surface area contributed by atoms with Crippen molar-refractivity contribution in [3.63, 3.8) is 0 Å². The SMILES string of the molecule is CC1CC(N2CC(Nc3ccc(C(=O)N(C)C)c(Cl)c3)C2)CCN1S(=O)(=O)c1ccccc1Cl. The fraction of sp³-hybridized carbons (Fsp3) is 0.458. The van der Waals surface area contributed by atoms with Crippen molar-refractivity contribution in [3.8, 4) is 0 Å². The number of benzene rings is 2. The molecule has 0 bridgehead atoms. The number of nitrogens with one attached hydrogen (secondary N) is 1. The third-order valence-corrected chi connectivity index (χ3v) is 9.44. The van der Waals surface area contributed by atoms with Crippen LogP contribution in [-0.4, -0.2) is 80.3 Å². The Morgan fingerprint density at radius 3 is 2.41 bits per heavy atom. The van der Waals surface area contributed by atoms with Gasteiger partial charge in [0.1, 0.15) is 4.90 Å². The van der Waals surface area contributed by atoms with Crippen molar-refractivity contribution < 1.29 is 13.2 Å². The van der Waals surface area contributed by atoms with Gasteiger partial charge in [0.25, 0.3) is 5.91 Å². The minimum absolute atomic E-state index is 0.104. The van der Waals surface area contributed by atoms with E-state index < -0.39 is 10.0 Å². The molecular weight excluding hydrogens is 495 g/mol. The van der Waals surface area contributed by atoms with Gasteiger partial charge in [0.05, 0.1) is 21.7 Å². The van der Waals surface area contributed by atoms with E-state index in [1.165, 1.54) is 4.90 Å². The van der Waals surface area contributed by atoms with Crippen molar-refractivity contribution in [1.82, 2.24) is 14.1 Å². The highest BCUT2D eigenvalue weighted by atomic mass is 35.5. The molecule has 184 valence electrons. The van der Waals surface area contributed by atoms with E-state index in [0.29, 0.717) is 23.2 Å². The van der Waals surface area contributed by atoms with Crippen molar-refractivity contribution in [3.05, 3.63) is 58.1 Å². The van der Waals surface area contributed by atoms with Crippen LogP contribution < -0.4 is 5.32 Å². The summed E-state index contributed by atoms with van der Waals surface area (Å²) in [5, 5.41) is 4.17. The lowest BCUT2D eigenvalue weighted by Gasteiger charge is -2.48. The maximum Gasteiger partial charge on any atom is 0.254 e. The van der Waals surface area contributed by atoms with Crippen LogP contribution in [0.15, 0.2) is 47.4 Å². The zero-order valence-electron chi connectivity index (χ0n) is 19.5. The van der Waals surface area contributed by atoms with Crippen LogP contribution in [0.3, 0.4) is 0 Å². The Kier molecular flexibility index (Phi) is 7.45. The summed E-state index contributed by atoms with van der Waals surface area (Å²) in [7, 11) is -0.220. The summed E-state index contributed by atoms with van der Waals surface area (Å²) in [6.45, 7) is 4.20. The maximum atomic E-state index is 13.1. The molecule has 2 aromatic rings. The van der Waals surface area contributed by atoms with Crippen molar-refractivity contribution in [2.45, 2.75) is 42.8 Å². The molecule has 0 aromatic heterocycles. The Bertz CT molecular complexity index is 1170. The van der Waals surface area contributed by atoms with Gasteiger partial charge in [-0.05, 0) is 50.1 Å². The van der Waals surface area contributed by atoms with E-state index in [2.05, 4.69) is 10.2 Å². The Morgan fingerprint density at radius 1 is 1.09 bits per heavy atom. The highest BCUT2D eigenvalue weighted by Crippen LogP contribution is 2.32. The summed E-state index contributed by atoms with van der Waals surface area (Å²) < 4.78 is 27.9. The predicted molar refractivity (Wildman–Crippen MR) is 136 cm³/mol. The molecule has 34 heavy (non-hydrogen) atoms. The van der Waals surface area contributed by atoms with Gasteiger partial charge in [0.2, 0.25) is 10.0 Å². The van der Waals surface area contributed by atoms with Gasteiger partial charge < -0.3 is 10.2 Å². The van der Waals surface area contributed by atoms with Crippen molar-refractivity contribution in [1.29, 1.82) is 0 Å². The van der Waals surface area contributed by atoms with Gasteiger partial charge in [-0.1, -0.05) is 35.3 Å². The van der Waals surface area contributed by atoms with Crippen LogP contribution in [0.4, 0.5) is 5.69 Å². The first kappa shape index (κ1) is 25.3. The number of carbonyl (C=O) groups excluding carboxylic acids is 1. The first-order chi connectivity index (χ1) is 16.1. The lowest BCUT2D eigenvalue weighted by atomic mass is 9.94. The van der Waals surface area contributed by atoms with E-state index >= 15 is 0 Å². The molecule has 2 aromatic carbocycles. The van der Waals surface area contributed by atoms with Gasteiger partial charge in [-0.15, -0.1) is 0 Å². The van der Waals surface area contributed by atoms with Crippen molar-refractivity contribution >= 4 is 44.8 Å². The van der Waals surface area contributed by atoms with Gasteiger partial charge in [-0.25, -0.2) is 8.42 Å². The molecule has 0 saturated carbocycles. The molecule has 2 unspecified atom stereocenters. The van der Waals surface area contributed by atoms with Crippen LogP contribution in [0, 0.1) is 0 Å².